The Morgan fingerprint density at radius 2 is 2.19 bits per heavy atom. The zero-order valence-corrected chi connectivity index (χ0v) is 14.3. The van der Waals surface area contributed by atoms with Crippen molar-refractivity contribution in [2.45, 2.75) is 25.1 Å². The van der Waals surface area contributed by atoms with Crippen molar-refractivity contribution in [2.24, 2.45) is 0 Å². The summed E-state index contributed by atoms with van der Waals surface area (Å²) in [5, 5.41) is 34.0. The number of likely N-dealkylation sites (tertiary alicyclic amines) is 1. The Morgan fingerprint density at radius 1 is 1.30 bits per heavy atom. The van der Waals surface area contributed by atoms with Gasteiger partial charge in [-0.15, -0.1) is 0 Å². The molecular weight excluding hydrogens is 350 g/mol. The fourth-order valence-electron chi connectivity index (χ4n) is 3.29. The van der Waals surface area contributed by atoms with E-state index < -0.39 is 6.10 Å². The molecule has 3 aromatic rings. The Labute approximate surface area is 155 Å². The van der Waals surface area contributed by atoms with Crippen LogP contribution in [0.4, 0.5) is 5.69 Å². The number of aliphatic hydroxyl groups excluding tert-OH is 1. The van der Waals surface area contributed by atoms with E-state index in [1.54, 1.807) is 24.5 Å². The number of benzene rings is 1. The summed E-state index contributed by atoms with van der Waals surface area (Å²) in [5.41, 5.74) is 1.66. The lowest BCUT2D eigenvalue weighted by Gasteiger charge is -2.21. The molecule has 1 aliphatic rings. The van der Waals surface area contributed by atoms with Gasteiger partial charge >= 0.3 is 0 Å². The summed E-state index contributed by atoms with van der Waals surface area (Å²) in [5.74, 6) is 0.718. The van der Waals surface area contributed by atoms with E-state index in [0.717, 1.165) is 5.56 Å². The van der Waals surface area contributed by atoms with E-state index in [1.165, 1.54) is 12.1 Å². The molecule has 1 fully saturated rings. The lowest BCUT2D eigenvalue weighted by molar-refractivity contribution is 0.169. The Morgan fingerprint density at radius 3 is 2.96 bits per heavy atom. The molecule has 0 bridgehead atoms. The molecule has 2 atom stereocenters. The quantitative estimate of drug-likeness (QED) is 0.652. The Bertz CT molecular complexity index is 902. The number of hydrogen-bond acceptors (Lipinski definition) is 9. The van der Waals surface area contributed by atoms with Crippen LogP contribution in [0, 0.1) is 5.21 Å². The third-order valence-corrected chi connectivity index (χ3v) is 4.54. The maximum atomic E-state index is 11.1. The second kappa shape index (κ2) is 7.41. The molecule has 1 saturated heterocycles. The maximum absolute atomic E-state index is 11.1. The van der Waals surface area contributed by atoms with Crippen LogP contribution in [0.5, 0.6) is 0 Å². The van der Waals surface area contributed by atoms with E-state index in [1.807, 2.05) is 12.1 Å². The molecule has 2 N–H and O–H groups in total. The van der Waals surface area contributed by atoms with Crippen LogP contribution >= 0.6 is 0 Å². The normalized spacial score (nSPS) is 20.1. The molecule has 1 aliphatic heterocycles. The molecule has 9 heteroatoms. The predicted octanol–water partition coefficient (Wildman–Crippen LogP) is 2.13. The molecule has 0 spiro atoms. The number of aromatic nitrogens is 3. The Kier molecular flexibility index (Phi) is 4.82. The van der Waals surface area contributed by atoms with E-state index in [2.05, 4.69) is 20.0 Å². The summed E-state index contributed by atoms with van der Waals surface area (Å²) in [4.78, 5) is 10.6. The fraction of sp³-hybridized carbons (Fsp3) is 0.278. The molecule has 1 aromatic carbocycles. The number of pyridine rings is 1. The summed E-state index contributed by atoms with van der Waals surface area (Å²) < 4.78 is 5.44. The second-order valence-electron chi connectivity index (χ2n) is 6.48. The third kappa shape index (κ3) is 3.81. The van der Waals surface area contributed by atoms with Gasteiger partial charge < -0.3 is 20.1 Å². The number of aliphatic hydroxyl groups is 1. The lowest BCUT2D eigenvalue weighted by atomic mass is 10.1. The second-order valence-corrected chi connectivity index (χ2v) is 6.48. The first kappa shape index (κ1) is 17.6. The van der Waals surface area contributed by atoms with Crippen LogP contribution in [0.3, 0.4) is 0 Å². The maximum Gasteiger partial charge on any atom is 0.244 e. The molecule has 3 heterocycles. The fourth-order valence-corrected chi connectivity index (χ4v) is 3.29. The minimum Gasteiger partial charge on any atom is -0.733 e. The van der Waals surface area contributed by atoms with Crippen LogP contribution in [-0.4, -0.2) is 43.0 Å². The summed E-state index contributed by atoms with van der Waals surface area (Å²) >= 11 is 0. The zero-order valence-electron chi connectivity index (χ0n) is 14.3. The third-order valence-electron chi connectivity index (χ3n) is 4.54. The molecular formula is C18H18N5O4-. The van der Waals surface area contributed by atoms with Crippen LogP contribution in [-0.2, 0) is 6.54 Å². The molecule has 0 saturated carbocycles. The predicted molar refractivity (Wildman–Crippen MR) is 95.4 cm³/mol. The highest BCUT2D eigenvalue weighted by atomic mass is 16.8. The molecule has 0 amide bonds. The highest BCUT2D eigenvalue weighted by Crippen LogP contribution is 2.33. The van der Waals surface area contributed by atoms with Crippen molar-refractivity contribution in [1.29, 1.82) is 0 Å². The Balaban J connectivity index is 1.57. The van der Waals surface area contributed by atoms with E-state index in [-0.39, 0.29) is 17.0 Å². The molecule has 27 heavy (non-hydrogen) atoms. The highest BCUT2D eigenvalue weighted by molar-refractivity contribution is 5.62. The van der Waals surface area contributed by atoms with E-state index >= 15 is 0 Å². The summed E-state index contributed by atoms with van der Waals surface area (Å²) in [7, 11) is 0. The SMILES string of the molecule is [O-]N(O)c1cccc(-c2noc(C3CC(O)CN3Cc3cccnc3)n2)c1. The average molecular weight is 368 g/mol. The van der Waals surface area contributed by atoms with Crippen molar-refractivity contribution in [1.82, 2.24) is 20.0 Å². The summed E-state index contributed by atoms with van der Waals surface area (Å²) in [6, 6.07) is 9.92. The van der Waals surface area contributed by atoms with Crippen molar-refractivity contribution in [2.75, 3.05) is 11.8 Å². The minimum atomic E-state index is -0.478. The molecule has 140 valence electrons. The molecule has 0 aliphatic carbocycles. The molecule has 0 radical (unpaired) electrons. The first-order chi connectivity index (χ1) is 13.1. The topological polar surface area (TPSA) is 122 Å². The van der Waals surface area contributed by atoms with Crippen LogP contribution in [0.25, 0.3) is 11.4 Å². The van der Waals surface area contributed by atoms with Gasteiger partial charge in [0.2, 0.25) is 11.7 Å². The first-order valence-electron chi connectivity index (χ1n) is 8.51. The van der Waals surface area contributed by atoms with Crippen LogP contribution in [0.15, 0.2) is 53.3 Å². The van der Waals surface area contributed by atoms with Crippen molar-refractivity contribution >= 4 is 5.69 Å². The number of anilines is 1. The summed E-state index contributed by atoms with van der Waals surface area (Å²) in [6.45, 7) is 1.11. The van der Waals surface area contributed by atoms with Gasteiger partial charge in [0.25, 0.3) is 0 Å². The molecule has 2 aromatic heterocycles. The minimum absolute atomic E-state index is 0.0772. The van der Waals surface area contributed by atoms with Gasteiger partial charge in [-0.25, -0.2) is 0 Å². The van der Waals surface area contributed by atoms with E-state index in [0.29, 0.717) is 36.8 Å². The lowest BCUT2D eigenvalue weighted by Crippen LogP contribution is -2.24. The van der Waals surface area contributed by atoms with Crippen LogP contribution < -0.4 is 5.23 Å². The molecule has 4 rings (SSSR count). The molecule has 9 nitrogen and oxygen atoms in total. The van der Waals surface area contributed by atoms with E-state index in [9.17, 15) is 10.3 Å². The van der Waals surface area contributed by atoms with Crippen LogP contribution in [0.1, 0.15) is 23.9 Å². The van der Waals surface area contributed by atoms with Crippen molar-refractivity contribution in [3.63, 3.8) is 0 Å². The average Bonchev–Trinajstić information content (AvgIpc) is 3.29. The Hall–Kier alpha value is -2.85. The highest BCUT2D eigenvalue weighted by Gasteiger charge is 2.36. The monoisotopic (exact) mass is 368 g/mol. The van der Waals surface area contributed by atoms with Gasteiger partial charge in [0, 0.05) is 31.0 Å². The number of hydrogen-bond donors (Lipinski definition) is 2. The zero-order chi connectivity index (χ0) is 18.8. The van der Waals surface area contributed by atoms with Crippen molar-refractivity contribution in [3.05, 3.63) is 65.5 Å². The van der Waals surface area contributed by atoms with Gasteiger partial charge in [-0.1, -0.05) is 23.4 Å². The van der Waals surface area contributed by atoms with Gasteiger partial charge in [-0.3, -0.25) is 15.1 Å². The smallest absolute Gasteiger partial charge is 0.244 e. The van der Waals surface area contributed by atoms with Crippen molar-refractivity contribution < 1.29 is 14.8 Å². The van der Waals surface area contributed by atoms with Gasteiger partial charge in [0.1, 0.15) is 0 Å². The number of nitrogens with zero attached hydrogens (tertiary/aromatic N) is 5. The van der Waals surface area contributed by atoms with E-state index in [4.69, 9.17) is 9.73 Å². The summed E-state index contributed by atoms with van der Waals surface area (Å²) in [6.07, 6.45) is 3.52. The largest absolute Gasteiger partial charge is 0.733 e. The van der Waals surface area contributed by atoms with Gasteiger partial charge in [0.05, 0.1) is 17.8 Å². The van der Waals surface area contributed by atoms with Gasteiger partial charge in [-0.05, 0) is 30.2 Å². The van der Waals surface area contributed by atoms with Gasteiger partial charge in [0.15, 0.2) is 0 Å². The van der Waals surface area contributed by atoms with Crippen LogP contribution in [0.2, 0.25) is 0 Å². The van der Waals surface area contributed by atoms with Crippen molar-refractivity contribution in [3.8, 4) is 11.4 Å². The van der Waals surface area contributed by atoms with Gasteiger partial charge in [-0.2, -0.15) is 4.98 Å². The first-order valence-corrected chi connectivity index (χ1v) is 8.51. The number of β-amino-alcohol motifs (C(OH)–C–C–N with tert-alkyl or cyclic N) is 1. The number of rotatable bonds is 5. The standard InChI is InChI=1S/C18H18N5O4/c24-15-8-16(22(11-15)10-12-3-2-6-19-9-12)18-20-17(21-27-18)13-4-1-5-14(7-13)23(25)26/h1-7,9,15-16,24-25H,8,10-11H2/q-1. The molecule has 2 unspecified atom stereocenters.